The fraction of sp³-hybridized carbons (Fsp3) is 0.300. The first-order chi connectivity index (χ1) is 15.1. The molecular weight excluding hydrogens is 465 g/mol. The van der Waals surface area contributed by atoms with Crippen molar-refractivity contribution in [3.63, 3.8) is 0 Å². The summed E-state index contributed by atoms with van der Waals surface area (Å²) in [5.74, 6) is 0. The summed E-state index contributed by atoms with van der Waals surface area (Å²) in [7, 11) is -3.59. The highest BCUT2D eigenvalue weighted by Gasteiger charge is 2.30. The third-order valence-electron chi connectivity index (χ3n) is 4.65. The summed E-state index contributed by atoms with van der Waals surface area (Å²) in [5.41, 5.74) is 3.11. The minimum absolute atomic E-state index is 0.00944. The molecule has 0 unspecified atom stereocenters. The Hall–Kier alpha value is -2.54. The van der Waals surface area contributed by atoms with Crippen LogP contribution >= 0.6 is 12.2 Å². The molecule has 0 spiro atoms. The number of benzene rings is 2. The maximum Gasteiger partial charge on any atom is 0.416 e. The molecule has 0 radical (unpaired) electrons. The number of halogens is 3. The summed E-state index contributed by atoms with van der Waals surface area (Å²) >= 11 is 5.08. The Labute approximate surface area is 189 Å². The summed E-state index contributed by atoms with van der Waals surface area (Å²) < 4.78 is 70.4. The number of nitrogens with one attached hydrogen (secondary N) is 2. The van der Waals surface area contributed by atoms with Crippen molar-refractivity contribution in [2.75, 3.05) is 31.6 Å². The van der Waals surface area contributed by atoms with Crippen molar-refractivity contribution in [1.82, 2.24) is 9.73 Å². The van der Waals surface area contributed by atoms with Gasteiger partial charge in [0.1, 0.15) is 0 Å². The van der Waals surface area contributed by atoms with E-state index in [2.05, 4.69) is 15.8 Å². The Kier molecular flexibility index (Phi) is 7.49. The van der Waals surface area contributed by atoms with E-state index in [1.165, 1.54) is 28.6 Å². The predicted octanol–water partition coefficient (Wildman–Crippen LogP) is 3.44. The molecule has 0 aromatic heterocycles. The van der Waals surface area contributed by atoms with Gasteiger partial charge in [-0.25, -0.2) is 8.42 Å². The topological polar surface area (TPSA) is 83.0 Å². The minimum atomic E-state index is -4.46. The van der Waals surface area contributed by atoms with Gasteiger partial charge in [-0.15, -0.1) is 0 Å². The zero-order valence-electron chi connectivity index (χ0n) is 17.0. The molecule has 1 saturated heterocycles. The fourth-order valence-electron chi connectivity index (χ4n) is 2.94. The maximum atomic E-state index is 12.8. The summed E-state index contributed by atoms with van der Waals surface area (Å²) in [4.78, 5) is 0.172. The van der Waals surface area contributed by atoms with Crippen molar-refractivity contribution in [3.8, 4) is 0 Å². The first-order valence-corrected chi connectivity index (χ1v) is 11.4. The molecule has 2 aromatic rings. The standard InChI is InChI=1S/C20H21F3N4O3S2/c1-14(25-26-19(31)24-17-4-2-3-16(13-17)20(21,22)23)15-5-7-18(8-6-15)32(28,29)27-9-11-30-12-10-27/h2-8,13H,9-12H2,1H3,(H2,24,26,31)/b25-14-. The maximum absolute atomic E-state index is 12.8. The van der Waals surface area contributed by atoms with E-state index in [1.807, 2.05) is 0 Å². The van der Waals surface area contributed by atoms with Gasteiger partial charge in [-0.05, 0) is 55.0 Å². The van der Waals surface area contributed by atoms with E-state index in [0.717, 1.165) is 12.1 Å². The number of thiocarbonyl (C=S) groups is 1. The molecule has 0 saturated carbocycles. The van der Waals surface area contributed by atoms with Crippen LogP contribution in [0.4, 0.5) is 18.9 Å². The van der Waals surface area contributed by atoms with Crippen LogP contribution in [0.2, 0.25) is 0 Å². The summed E-state index contributed by atoms with van der Waals surface area (Å²) in [5, 5.41) is 6.76. The van der Waals surface area contributed by atoms with Gasteiger partial charge in [-0.3, -0.25) is 5.43 Å². The molecule has 0 aliphatic carbocycles. The quantitative estimate of drug-likeness (QED) is 0.383. The minimum Gasteiger partial charge on any atom is -0.379 e. The number of nitrogens with zero attached hydrogens (tertiary/aromatic N) is 2. The van der Waals surface area contributed by atoms with Crippen LogP contribution in [0.5, 0.6) is 0 Å². The average molecular weight is 487 g/mol. The predicted molar refractivity (Wildman–Crippen MR) is 119 cm³/mol. The molecule has 0 bridgehead atoms. The van der Waals surface area contributed by atoms with Crippen LogP contribution < -0.4 is 10.7 Å². The van der Waals surface area contributed by atoms with Crippen LogP contribution in [-0.2, 0) is 20.9 Å². The van der Waals surface area contributed by atoms with Gasteiger partial charge in [0, 0.05) is 18.8 Å². The largest absolute Gasteiger partial charge is 0.416 e. The SMILES string of the molecule is C/C(=N/NC(=S)Nc1cccc(C(F)(F)F)c1)c1ccc(S(=O)(=O)N2CCOCC2)cc1. The van der Waals surface area contributed by atoms with Crippen molar-refractivity contribution in [3.05, 3.63) is 59.7 Å². The van der Waals surface area contributed by atoms with E-state index in [0.29, 0.717) is 37.6 Å². The molecule has 2 aromatic carbocycles. The number of ether oxygens (including phenoxy) is 1. The van der Waals surface area contributed by atoms with Gasteiger partial charge in [-0.2, -0.15) is 22.6 Å². The van der Waals surface area contributed by atoms with E-state index in [1.54, 1.807) is 19.1 Å². The molecular formula is C20H21F3N4O3S2. The second-order valence-corrected chi connectivity index (χ2v) is 9.23. The van der Waals surface area contributed by atoms with Gasteiger partial charge in [0.05, 0.1) is 29.4 Å². The smallest absolute Gasteiger partial charge is 0.379 e. The lowest BCUT2D eigenvalue weighted by molar-refractivity contribution is -0.137. The average Bonchev–Trinajstić information content (AvgIpc) is 2.78. The van der Waals surface area contributed by atoms with Gasteiger partial charge >= 0.3 is 6.18 Å². The van der Waals surface area contributed by atoms with Crippen molar-refractivity contribution < 1.29 is 26.3 Å². The lowest BCUT2D eigenvalue weighted by Gasteiger charge is -2.26. The molecule has 32 heavy (non-hydrogen) atoms. The van der Waals surface area contributed by atoms with E-state index < -0.39 is 21.8 Å². The summed E-state index contributed by atoms with van der Waals surface area (Å²) in [6, 6.07) is 10.9. The second-order valence-electron chi connectivity index (χ2n) is 6.88. The summed E-state index contributed by atoms with van der Waals surface area (Å²) in [6.07, 6.45) is -4.46. The molecule has 0 amide bonds. The number of morpholine rings is 1. The molecule has 3 rings (SSSR count). The first kappa shape index (κ1) is 24.1. The normalized spacial score (nSPS) is 15.9. The van der Waals surface area contributed by atoms with Gasteiger partial charge in [0.25, 0.3) is 0 Å². The summed E-state index contributed by atoms with van der Waals surface area (Å²) in [6.45, 7) is 3.04. The number of alkyl halides is 3. The Balaban J connectivity index is 1.63. The van der Waals surface area contributed by atoms with Crippen molar-refractivity contribution >= 4 is 38.8 Å². The molecule has 7 nitrogen and oxygen atoms in total. The first-order valence-electron chi connectivity index (χ1n) is 9.54. The second kappa shape index (κ2) is 9.94. The van der Waals surface area contributed by atoms with Crippen LogP contribution in [0.15, 0.2) is 58.5 Å². The Morgan fingerprint density at radius 2 is 1.78 bits per heavy atom. The Bertz CT molecular complexity index is 1100. The molecule has 172 valence electrons. The van der Waals surface area contributed by atoms with Crippen molar-refractivity contribution in [2.24, 2.45) is 5.10 Å². The van der Waals surface area contributed by atoms with Crippen LogP contribution in [0, 0.1) is 0 Å². The van der Waals surface area contributed by atoms with E-state index in [9.17, 15) is 21.6 Å². The molecule has 1 aliphatic heterocycles. The highest BCUT2D eigenvalue weighted by Crippen LogP contribution is 2.30. The number of hydrazone groups is 1. The van der Waals surface area contributed by atoms with Gasteiger partial charge in [0.2, 0.25) is 10.0 Å². The zero-order chi connectivity index (χ0) is 23.4. The highest BCUT2D eigenvalue weighted by molar-refractivity contribution is 7.89. The zero-order valence-corrected chi connectivity index (χ0v) is 18.6. The molecule has 12 heteroatoms. The molecule has 0 atom stereocenters. The van der Waals surface area contributed by atoms with Crippen molar-refractivity contribution in [1.29, 1.82) is 0 Å². The Morgan fingerprint density at radius 3 is 2.41 bits per heavy atom. The monoisotopic (exact) mass is 486 g/mol. The molecule has 2 N–H and O–H groups in total. The van der Waals surface area contributed by atoms with Crippen LogP contribution in [-0.4, -0.2) is 49.9 Å². The van der Waals surface area contributed by atoms with E-state index in [4.69, 9.17) is 17.0 Å². The molecule has 1 aliphatic rings. The van der Waals surface area contributed by atoms with Gasteiger partial charge < -0.3 is 10.1 Å². The Morgan fingerprint density at radius 1 is 1.12 bits per heavy atom. The van der Waals surface area contributed by atoms with Crippen LogP contribution in [0.3, 0.4) is 0 Å². The van der Waals surface area contributed by atoms with Crippen molar-refractivity contribution in [2.45, 2.75) is 18.0 Å². The van der Waals surface area contributed by atoms with Gasteiger partial charge in [0.15, 0.2) is 5.11 Å². The highest BCUT2D eigenvalue weighted by atomic mass is 32.2. The number of anilines is 1. The van der Waals surface area contributed by atoms with E-state index in [-0.39, 0.29) is 15.7 Å². The number of hydrogen-bond donors (Lipinski definition) is 2. The lowest BCUT2D eigenvalue weighted by Crippen LogP contribution is -2.40. The fourth-order valence-corrected chi connectivity index (χ4v) is 4.51. The van der Waals surface area contributed by atoms with Crippen LogP contribution in [0.1, 0.15) is 18.1 Å². The molecule has 1 heterocycles. The molecule has 1 fully saturated rings. The number of rotatable bonds is 5. The third kappa shape index (κ3) is 6.03. The van der Waals surface area contributed by atoms with Crippen LogP contribution in [0.25, 0.3) is 0 Å². The van der Waals surface area contributed by atoms with E-state index >= 15 is 0 Å². The third-order valence-corrected chi connectivity index (χ3v) is 6.76. The van der Waals surface area contributed by atoms with Gasteiger partial charge in [-0.1, -0.05) is 18.2 Å². The lowest BCUT2D eigenvalue weighted by atomic mass is 10.1. The number of sulfonamides is 1. The number of hydrogen-bond acceptors (Lipinski definition) is 5.